The maximum absolute atomic E-state index is 5.02. The van der Waals surface area contributed by atoms with E-state index in [2.05, 4.69) is 287 Å². The summed E-state index contributed by atoms with van der Waals surface area (Å²) in [6.07, 6.45) is 0. The summed E-state index contributed by atoms with van der Waals surface area (Å²) in [6.45, 7) is 0. The molecule has 10 aromatic rings. The van der Waals surface area contributed by atoms with E-state index in [0.29, 0.717) is 0 Å². The van der Waals surface area contributed by atoms with E-state index < -0.39 is 0 Å². The predicted molar refractivity (Wildman–Crippen MR) is 280 cm³/mol. The summed E-state index contributed by atoms with van der Waals surface area (Å²) in [6, 6.07) is 26.2. The number of nitrogens with zero attached hydrogens (tertiary/aromatic N) is 6. The van der Waals surface area contributed by atoms with Crippen LogP contribution in [0.2, 0.25) is 0 Å². The van der Waals surface area contributed by atoms with Gasteiger partial charge in [-0.25, -0.2) is 0 Å². The number of aromatic nitrogens is 12. The van der Waals surface area contributed by atoms with Crippen LogP contribution < -0.4 is 54.7 Å². The molecule has 0 saturated heterocycles. The van der Waals surface area contributed by atoms with Crippen molar-refractivity contribution in [1.29, 1.82) is 0 Å². The number of hydrogen-bond acceptors (Lipinski definition) is 6. The van der Waals surface area contributed by atoms with E-state index in [1.54, 1.807) is 0 Å². The third-order valence-electron chi connectivity index (χ3n) is 11.1. The molecule has 6 heterocycles. The SMILES string of the molecule is [CH2]=[Al][c]1nc(-c2cc(-c3cc(-c4cc(-c5n[c]([Al])[c]([Al])[nH]5)cc(-c5n[c]([Al])[c]([Al])[nH]5)c4)cc(-c4cc(-c5n[c]([Al])[c]([Al])[nH]5)cc(-c5n[c]([Al])[c]([Al])[nH]5)c4)c3)cc(-c3n[c]([Al])[c]([Al])[nH]3)c2)[nH][c]1[Al]. The van der Waals surface area contributed by atoms with Crippen molar-refractivity contribution in [2.24, 2.45) is 0 Å². The van der Waals surface area contributed by atoms with Crippen molar-refractivity contribution in [2.45, 2.75) is 0 Å². The summed E-state index contributed by atoms with van der Waals surface area (Å²) in [4.78, 5) is 50.4. The Morgan fingerprint density at radius 2 is 0.448 bits per heavy atom. The van der Waals surface area contributed by atoms with Crippen LogP contribution in [0, 0.1) is 0 Å². The van der Waals surface area contributed by atoms with Crippen molar-refractivity contribution in [1.82, 2.24) is 59.8 Å². The molecule has 0 fully saturated rings. The fourth-order valence-electron chi connectivity index (χ4n) is 7.71. The van der Waals surface area contributed by atoms with Crippen LogP contribution in [0.1, 0.15) is 0 Å². The van der Waals surface area contributed by atoms with Gasteiger partial charge >= 0.3 is 246 Å². The first kappa shape index (κ1) is 49.0. The third kappa shape index (κ3) is 10.3. The molecular weight excluding hydrogens is 1010 g/mol. The molecule has 0 amide bonds. The first-order valence-electron chi connectivity index (χ1n) is 20.2. The molecule has 0 spiro atoms. The van der Waals surface area contributed by atoms with Crippen molar-refractivity contribution < 1.29 is 0 Å². The average molecular weight is 1030 g/mol. The van der Waals surface area contributed by atoms with Crippen LogP contribution in [0.25, 0.3) is 102 Å². The Bertz CT molecular complexity index is 3230. The normalized spacial score (nSPS) is 11.3. The van der Waals surface area contributed by atoms with Crippen LogP contribution >= 0.6 is 0 Å². The molecule has 0 atom stereocenters. The molecule has 288 valence electrons. The van der Waals surface area contributed by atoms with E-state index >= 15 is 0 Å². The summed E-state index contributed by atoms with van der Waals surface area (Å²) in [5, 5.41) is 4.20. The predicted octanol–water partition coefficient (Wildman–Crippen LogP) is -5.48. The van der Waals surface area contributed by atoms with Crippen LogP contribution in [-0.2, 0) is 0 Å². The number of hydrogen-bond donors (Lipinski definition) is 6. The summed E-state index contributed by atoms with van der Waals surface area (Å²) in [5.74, 6) is 4.46. The Kier molecular flexibility index (Phi) is 14.7. The van der Waals surface area contributed by atoms with Crippen molar-refractivity contribution >= 4 is 254 Å². The molecule has 0 aliphatic carbocycles. The zero-order valence-electron chi connectivity index (χ0n) is 35.2. The van der Waals surface area contributed by atoms with Gasteiger partial charge in [-0.2, -0.15) is 0 Å². The molecule has 6 aromatic heterocycles. The minimum absolute atomic E-state index is 0.251. The van der Waals surface area contributed by atoms with Crippen LogP contribution in [0.4, 0.5) is 0 Å². The van der Waals surface area contributed by atoms with Gasteiger partial charge in [-0.3, -0.25) is 19.9 Å². The van der Waals surface area contributed by atoms with Crippen molar-refractivity contribution in [3.63, 3.8) is 0 Å². The zero-order valence-corrected chi connectivity index (χ0v) is 49.1. The molecular formula is C43H20Al12N12. The standard InChI is InChI=1S/C42H18N12.CH2.12Al/c1-2-44-37(43-1)31-16-28(17-32(22-31)38-45-3-4-46-38)25-13-26(29-18-33(39-47-5-6-48-39)23-34(19-29)40-49-7-8-50-40)15-27(14-25)30-20-35(41-51-9-10-52-41)24-36(21-30)42-53-11-12-54-42;;;;;;;;;;;;;/h13-24H,(H,43,44)(H,45,46)(H,47,48)(H,49,50)(H,51,52)(H,53,54);1H2;;;;;;;;;;;;. The quantitative estimate of drug-likeness (QED) is 0.0748. The summed E-state index contributed by atoms with van der Waals surface area (Å²) in [5.41, 5.74) is 11.3. The second kappa shape index (κ2) is 20.1. The van der Waals surface area contributed by atoms with Crippen molar-refractivity contribution in [2.75, 3.05) is 0 Å². The first-order chi connectivity index (χ1) is 32.1. The monoisotopic (exact) mass is 1030 g/mol. The van der Waals surface area contributed by atoms with Crippen molar-refractivity contribution in [3.8, 4) is 102 Å². The average Bonchev–Trinajstić information content (AvgIpc) is 4.18. The fourth-order valence-corrected chi connectivity index (χ4v) is 10.8. The summed E-state index contributed by atoms with van der Waals surface area (Å²) < 4.78 is 10.5. The van der Waals surface area contributed by atoms with Gasteiger partial charge in [-0.05, 0) is 12.1 Å². The number of nitrogens with one attached hydrogen (secondary N) is 6. The molecule has 67 heavy (non-hydrogen) atoms. The van der Waals surface area contributed by atoms with Gasteiger partial charge in [0.1, 0.15) is 23.3 Å². The van der Waals surface area contributed by atoms with Gasteiger partial charge in [0.25, 0.3) is 0 Å². The molecule has 10 rings (SSSR count). The van der Waals surface area contributed by atoms with E-state index in [9.17, 15) is 0 Å². The van der Waals surface area contributed by atoms with Gasteiger partial charge in [0.2, 0.25) is 130 Å². The molecule has 0 aliphatic rings. The molecule has 0 aliphatic heterocycles. The van der Waals surface area contributed by atoms with E-state index in [1.165, 1.54) is 0 Å². The third-order valence-corrected chi connectivity index (χ3v) is 18.8. The number of benzene rings is 4. The Balaban J connectivity index is 1.26. The second-order valence-corrected chi connectivity index (χ2v) is 22.9. The fraction of sp³-hybridized carbons (Fsp3) is 0. The number of rotatable bonds is 10. The van der Waals surface area contributed by atoms with Gasteiger partial charge in [0.05, 0.1) is 0 Å². The van der Waals surface area contributed by atoms with E-state index in [-0.39, 0.29) is 14.8 Å². The van der Waals surface area contributed by atoms with Gasteiger partial charge in [-0.1, -0.05) is 36.4 Å². The summed E-state index contributed by atoms with van der Waals surface area (Å²) in [7, 11) is 0. The van der Waals surface area contributed by atoms with Crippen molar-refractivity contribution in [3.05, 3.63) is 72.8 Å². The molecule has 0 saturated carbocycles. The molecule has 24 heteroatoms. The van der Waals surface area contributed by atoms with Gasteiger partial charge in [0, 0.05) is 0 Å². The van der Waals surface area contributed by atoms with Crippen LogP contribution in [0.5, 0.6) is 0 Å². The van der Waals surface area contributed by atoms with Crippen LogP contribution in [0.15, 0.2) is 72.8 Å². The van der Waals surface area contributed by atoms with E-state index in [4.69, 9.17) is 29.9 Å². The minimum atomic E-state index is -0.251. The van der Waals surface area contributed by atoms with E-state index in [0.717, 1.165) is 156 Å². The van der Waals surface area contributed by atoms with Gasteiger partial charge < -0.3 is 19.9 Å². The zero-order chi connectivity index (χ0) is 47.0. The topological polar surface area (TPSA) is 172 Å². The van der Waals surface area contributed by atoms with Crippen LogP contribution in [-0.4, -0.2) is 259 Å². The molecule has 0 bridgehead atoms. The molecule has 12 nitrogen and oxygen atoms in total. The van der Waals surface area contributed by atoms with Gasteiger partial charge in [0.15, 0.2) is 0 Å². The Morgan fingerprint density at radius 1 is 0.269 bits per heavy atom. The number of aromatic amines is 6. The maximum atomic E-state index is 5.02. The molecule has 4 aromatic carbocycles. The number of imidazole rings is 6. The number of H-pyrrole nitrogens is 6. The molecule has 22 radical (unpaired) electrons. The molecule has 6 N–H and O–H groups in total. The first-order valence-corrected chi connectivity index (χ1v) is 28.0. The summed E-state index contributed by atoms with van der Waals surface area (Å²) >= 11 is 29.8. The Labute approximate surface area is 481 Å². The van der Waals surface area contributed by atoms with Crippen LogP contribution in [0.3, 0.4) is 0 Å². The Hall–Kier alpha value is -1.60. The van der Waals surface area contributed by atoms with E-state index in [1.807, 2.05) is 0 Å². The molecule has 0 unspecified atom stereocenters. The second-order valence-electron chi connectivity index (χ2n) is 15.7. The van der Waals surface area contributed by atoms with Gasteiger partial charge in [-0.15, -0.1) is 0 Å². The Morgan fingerprint density at radius 3 is 0.627 bits per heavy atom.